The smallest absolute Gasteiger partial charge is 0.231 e. The van der Waals surface area contributed by atoms with Crippen LogP contribution >= 0.6 is 0 Å². The Morgan fingerprint density at radius 1 is 1.04 bits per heavy atom. The first-order valence-electron chi connectivity index (χ1n) is 9.36. The summed E-state index contributed by atoms with van der Waals surface area (Å²) in [4.78, 5) is 14.9. The third-order valence-corrected chi connectivity index (χ3v) is 5.63. The molecule has 0 amide bonds. The Bertz CT molecular complexity index is 960. The second-order valence-corrected chi connectivity index (χ2v) is 7.51. The molecule has 5 heteroatoms. The Hall–Kier alpha value is -2.95. The Balaban J connectivity index is 1.68. The van der Waals surface area contributed by atoms with Gasteiger partial charge in [0.05, 0.1) is 0 Å². The minimum absolute atomic E-state index is 0.0743. The Morgan fingerprint density at radius 2 is 1.78 bits per heavy atom. The fraction of sp³-hybridized carbons (Fsp3) is 0.318. The average molecular weight is 362 g/mol. The van der Waals surface area contributed by atoms with Crippen LogP contribution in [0.2, 0.25) is 0 Å². The van der Waals surface area contributed by atoms with E-state index in [4.69, 9.17) is 9.47 Å². The van der Waals surface area contributed by atoms with Gasteiger partial charge in [0.2, 0.25) is 6.79 Å². The van der Waals surface area contributed by atoms with Gasteiger partial charge in [-0.1, -0.05) is 12.1 Å². The van der Waals surface area contributed by atoms with E-state index in [1.807, 2.05) is 26.2 Å². The zero-order valence-corrected chi connectivity index (χ0v) is 15.5. The van der Waals surface area contributed by atoms with Gasteiger partial charge < -0.3 is 19.7 Å². The number of hydrogen-bond donors (Lipinski definition) is 1. The fourth-order valence-electron chi connectivity index (χ4n) is 4.26. The van der Waals surface area contributed by atoms with Crippen molar-refractivity contribution in [3.05, 3.63) is 58.8 Å². The van der Waals surface area contributed by atoms with Gasteiger partial charge in [0.15, 0.2) is 17.3 Å². The fourth-order valence-corrected chi connectivity index (χ4v) is 4.26. The molecular weight excluding hydrogens is 340 g/mol. The molecule has 0 aromatic heterocycles. The average Bonchev–Trinajstić information content (AvgIpc) is 3.12. The number of ether oxygens (including phenoxy) is 2. The number of allylic oxidation sites excluding steroid dienone is 2. The highest BCUT2D eigenvalue weighted by atomic mass is 16.7. The van der Waals surface area contributed by atoms with E-state index >= 15 is 0 Å². The largest absolute Gasteiger partial charge is 0.454 e. The standard InChI is InChI=1S/C22H22N2O3/c1-24(2)14-8-6-13(7-9-14)21-15-10-19-20(27-12-26-19)11-17(15)23-16-4-3-5-18(25)22(16)21/h6-11,21,23H,3-5,12H2,1-2H3/t21-/m1/s1. The normalized spacial score (nSPS) is 20.1. The van der Waals surface area contributed by atoms with Crippen molar-refractivity contribution >= 4 is 17.2 Å². The monoisotopic (exact) mass is 362 g/mol. The van der Waals surface area contributed by atoms with Crippen molar-refractivity contribution in [2.75, 3.05) is 31.1 Å². The van der Waals surface area contributed by atoms with Crippen LogP contribution in [0.5, 0.6) is 11.5 Å². The maximum atomic E-state index is 12.9. The van der Waals surface area contributed by atoms with Crippen LogP contribution in [-0.2, 0) is 4.79 Å². The number of ketones is 1. The molecule has 0 fully saturated rings. The quantitative estimate of drug-likeness (QED) is 0.874. The second kappa shape index (κ2) is 6.05. The predicted octanol–water partition coefficient (Wildman–Crippen LogP) is 4.05. The van der Waals surface area contributed by atoms with Gasteiger partial charge in [-0.05, 0) is 42.2 Å². The van der Waals surface area contributed by atoms with Crippen LogP contribution in [0.15, 0.2) is 47.7 Å². The van der Waals surface area contributed by atoms with Crippen LogP contribution in [0.25, 0.3) is 0 Å². The molecule has 2 aliphatic heterocycles. The number of benzene rings is 2. The molecule has 0 saturated carbocycles. The molecule has 2 aromatic carbocycles. The summed E-state index contributed by atoms with van der Waals surface area (Å²) >= 11 is 0. The van der Waals surface area contributed by atoms with E-state index in [0.717, 1.165) is 58.1 Å². The van der Waals surface area contributed by atoms with E-state index in [2.05, 4.69) is 34.5 Å². The van der Waals surface area contributed by atoms with Crippen molar-refractivity contribution in [3.63, 3.8) is 0 Å². The summed E-state index contributed by atoms with van der Waals surface area (Å²) in [5.74, 6) is 1.68. The third-order valence-electron chi connectivity index (χ3n) is 5.63. The van der Waals surface area contributed by atoms with Gasteiger partial charge in [0.25, 0.3) is 0 Å². The lowest BCUT2D eigenvalue weighted by atomic mass is 9.75. The van der Waals surface area contributed by atoms with Crippen molar-refractivity contribution < 1.29 is 14.3 Å². The zero-order valence-electron chi connectivity index (χ0n) is 15.5. The maximum Gasteiger partial charge on any atom is 0.231 e. The number of carbonyl (C=O) groups excluding carboxylic acids is 1. The molecule has 0 bridgehead atoms. The molecule has 2 heterocycles. The second-order valence-electron chi connectivity index (χ2n) is 7.51. The summed E-state index contributed by atoms with van der Waals surface area (Å²) in [5.41, 5.74) is 6.32. The highest BCUT2D eigenvalue weighted by Gasteiger charge is 2.36. The molecule has 1 N–H and O–H groups in total. The minimum atomic E-state index is -0.0743. The van der Waals surface area contributed by atoms with Crippen LogP contribution in [0.4, 0.5) is 11.4 Å². The first-order valence-corrected chi connectivity index (χ1v) is 9.36. The maximum absolute atomic E-state index is 12.9. The van der Waals surface area contributed by atoms with Crippen molar-refractivity contribution in [2.45, 2.75) is 25.2 Å². The van der Waals surface area contributed by atoms with Crippen LogP contribution in [0.1, 0.15) is 36.3 Å². The van der Waals surface area contributed by atoms with Crippen molar-refractivity contribution in [3.8, 4) is 11.5 Å². The van der Waals surface area contributed by atoms with Gasteiger partial charge in [-0.3, -0.25) is 4.79 Å². The number of rotatable bonds is 2. The highest BCUT2D eigenvalue weighted by molar-refractivity contribution is 6.01. The Labute approximate surface area is 158 Å². The minimum Gasteiger partial charge on any atom is -0.454 e. The number of nitrogens with zero attached hydrogens (tertiary/aromatic N) is 1. The van der Waals surface area contributed by atoms with Crippen LogP contribution in [0, 0.1) is 0 Å². The summed E-state index contributed by atoms with van der Waals surface area (Å²) in [6, 6.07) is 12.5. The van der Waals surface area contributed by atoms with E-state index in [1.54, 1.807) is 0 Å². The molecule has 0 spiro atoms. The number of Topliss-reactive ketones (excluding diaryl/α,β-unsaturated/α-hetero) is 1. The van der Waals surface area contributed by atoms with Gasteiger partial charge >= 0.3 is 0 Å². The van der Waals surface area contributed by atoms with Crippen LogP contribution in [0.3, 0.4) is 0 Å². The summed E-state index contributed by atoms with van der Waals surface area (Å²) in [5, 5.41) is 3.50. The lowest BCUT2D eigenvalue weighted by Crippen LogP contribution is -2.26. The zero-order chi connectivity index (χ0) is 18.5. The van der Waals surface area contributed by atoms with E-state index in [0.29, 0.717) is 6.42 Å². The van der Waals surface area contributed by atoms with Crippen molar-refractivity contribution in [1.82, 2.24) is 0 Å². The van der Waals surface area contributed by atoms with Gasteiger partial charge in [-0.15, -0.1) is 0 Å². The van der Waals surface area contributed by atoms with Gasteiger partial charge in [0, 0.05) is 55.1 Å². The summed E-state index contributed by atoms with van der Waals surface area (Å²) in [6.45, 7) is 0.243. The molecule has 0 saturated heterocycles. The van der Waals surface area contributed by atoms with E-state index < -0.39 is 0 Å². The highest BCUT2D eigenvalue weighted by Crippen LogP contribution is 2.49. The molecule has 1 aliphatic carbocycles. The predicted molar refractivity (Wildman–Crippen MR) is 105 cm³/mol. The molecule has 2 aromatic rings. The first-order chi connectivity index (χ1) is 13.1. The van der Waals surface area contributed by atoms with E-state index in [1.165, 1.54) is 0 Å². The number of anilines is 2. The van der Waals surface area contributed by atoms with E-state index in [-0.39, 0.29) is 18.5 Å². The number of hydrogen-bond acceptors (Lipinski definition) is 5. The van der Waals surface area contributed by atoms with Crippen LogP contribution in [-0.4, -0.2) is 26.7 Å². The van der Waals surface area contributed by atoms with Crippen LogP contribution < -0.4 is 19.7 Å². The van der Waals surface area contributed by atoms with Crippen molar-refractivity contribution in [2.24, 2.45) is 0 Å². The summed E-state index contributed by atoms with van der Waals surface area (Å²) in [7, 11) is 4.06. The van der Waals surface area contributed by atoms with Gasteiger partial charge in [0.1, 0.15) is 0 Å². The molecular formula is C22H22N2O3. The third kappa shape index (κ3) is 2.57. The molecule has 27 heavy (non-hydrogen) atoms. The number of fused-ring (bicyclic) bond motifs is 2. The SMILES string of the molecule is CN(C)c1ccc([C@H]2C3=C(CCCC3=O)Nc3cc4c(cc32)OCO4)cc1. The first kappa shape index (κ1) is 16.2. The number of carbonyl (C=O) groups is 1. The lowest BCUT2D eigenvalue weighted by Gasteiger charge is -2.34. The molecule has 138 valence electrons. The van der Waals surface area contributed by atoms with E-state index in [9.17, 15) is 4.79 Å². The molecule has 1 atom stereocenters. The molecule has 0 unspecified atom stereocenters. The molecule has 0 radical (unpaired) electrons. The molecule has 3 aliphatic rings. The van der Waals surface area contributed by atoms with Gasteiger partial charge in [-0.2, -0.15) is 0 Å². The molecule has 5 nitrogen and oxygen atoms in total. The van der Waals surface area contributed by atoms with Gasteiger partial charge in [-0.25, -0.2) is 0 Å². The Morgan fingerprint density at radius 3 is 2.52 bits per heavy atom. The lowest BCUT2D eigenvalue weighted by molar-refractivity contribution is -0.116. The van der Waals surface area contributed by atoms with Crippen molar-refractivity contribution in [1.29, 1.82) is 0 Å². The summed E-state index contributed by atoms with van der Waals surface area (Å²) in [6.07, 6.45) is 2.42. The number of nitrogens with one attached hydrogen (secondary N) is 1. The Kier molecular flexibility index (Phi) is 3.64. The topological polar surface area (TPSA) is 50.8 Å². The molecule has 5 rings (SSSR count). The summed E-state index contributed by atoms with van der Waals surface area (Å²) < 4.78 is 11.2.